The van der Waals surface area contributed by atoms with Gasteiger partial charge < -0.3 is 19.7 Å². The average molecular weight is 445 g/mol. The van der Waals surface area contributed by atoms with E-state index in [1.165, 1.54) is 18.4 Å². The van der Waals surface area contributed by atoms with Crippen LogP contribution in [0.3, 0.4) is 0 Å². The second kappa shape index (κ2) is 12.1. The van der Waals surface area contributed by atoms with E-state index in [-0.39, 0.29) is 11.9 Å². The first kappa shape index (κ1) is 23.6. The molecule has 0 aromatic heterocycles. The predicted molar refractivity (Wildman–Crippen MR) is 124 cm³/mol. The van der Waals surface area contributed by atoms with E-state index in [4.69, 9.17) is 14.6 Å². The number of aliphatic carboxylic acids is 1. The van der Waals surface area contributed by atoms with Crippen LogP contribution in [-0.2, 0) is 16.1 Å². The Bertz CT molecular complexity index is 820. The highest BCUT2D eigenvalue weighted by molar-refractivity contribution is 7.99. The summed E-state index contributed by atoms with van der Waals surface area (Å²) in [6.45, 7) is 2.07. The number of benzene rings is 2. The summed E-state index contributed by atoms with van der Waals surface area (Å²) >= 11 is 1.63. The second-order valence-electron chi connectivity index (χ2n) is 7.87. The third-order valence-electron chi connectivity index (χ3n) is 5.61. The normalized spacial score (nSPS) is 16.2. The zero-order valence-corrected chi connectivity index (χ0v) is 18.9. The van der Waals surface area contributed by atoms with Crippen LogP contribution in [-0.4, -0.2) is 41.3 Å². The SMILES string of the molecule is CCSC(c1cccc(C2CCCC2)c1OCc1ccccc1)C(O)COCC(=O)O. The highest BCUT2D eigenvalue weighted by atomic mass is 32.2. The molecule has 1 aliphatic rings. The van der Waals surface area contributed by atoms with Gasteiger partial charge in [-0.3, -0.25) is 0 Å². The molecule has 0 aliphatic heterocycles. The molecule has 2 atom stereocenters. The van der Waals surface area contributed by atoms with Gasteiger partial charge in [0.25, 0.3) is 0 Å². The minimum absolute atomic E-state index is 0.0320. The second-order valence-corrected chi connectivity index (χ2v) is 9.29. The van der Waals surface area contributed by atoms with Crippen molar-refractivity contribution in [3.63, 3.8) is 0 Å². The molecule has 0 saturated heterocycles. The van der Waals surface area contributed by atoms with Crippen LogP contribution in [0.5, 0.6) is 5.75 Å². The standard InChI is InChI=1S/C25H32O5S/c1-2-31-25(22(26)16-29-17-23(27)28)21-14-8-13-20(19-11-6-7-12-19)24(21)30-15-18-9-4-3-5-10-18/h3-5,8-10,13-14,19,22,25-26H,2,6-7,11-12,15-17H2,1H3,(H,27,28). The molecule has 2 unspecified atom stereocenters. The molecule has 1 aliphatic carbocycles. The first-order valence-electron chi connectivity index (χ1n) is 11.0. The van der Waals surface area contributed by atoms with Crippen molar-refractivity contribution in [1.82, 2.24) is 0 Å². The molecule has 5 nitrogen and oxygen atoms in total. The summed E-state index contributed by atoms with van der Waals surface area (Å²) in [6.07, 6.45) is 3.93. The molecule has 1 fully saturated rings. The summed E-state index contributed by atoms with van der Waals surface area (Å²) in [5.74, 6) is 1.11. The topological polar surface area (TPSA) is 76.0 Å². The van der Waals surface area contributed by atoms with E-state index in [9.17, 15) is 9.90 Å². The van der Waals surface area contributed by atoms with E-state index in [0.717, 1.165) is 35.5 Å². The molecular formula is C25H32O5S. The monoisotopic (exact) mass is 444 g/mol. The van der Waals surface area contributed by atoms with Crippen molar-refractivity contribution in [3.05, 3.63) is 65.2 Å². The van der Waals surface area contributed by atoms with Gasteiger partial charge in [0.2, 0.25) is 0 Å². The van der Waals surface area contributed by atoms with Gasteiger partial charge >= 0.3 is 5.97 Å². The lowest BCUT2D eigenvalue weighted by Crippen LogP contribution is -2.25. The van der Waals surface area contributed by atoms with Crippen LogP contribution in [0.1, 0.15) is 60.5 Å². The molecule has 3 rings (SSSR count). The first-order valence-corrected chi connectivity index (χ1v) is 12.0. The molecule has 2 aromatic carbocycles. The van der Waals surface area contributed by atoms with Crippen molar-refractivity contribution < 1.29 is 24.5 Å². The minimum Gasteiger partial charge on any atom is -0.488 e. The number of hydrogen-bond acceptors (Lipinski definition) is 5. The number of carbonyl (C=O) groups is 1. The quantitative estimate of drug-likeness (QED) is 0.470. The lowest BCUT2D eigenvalue weighted by atomic mass is 9.92. The Labute approximate surface area is 188 Å². The highest BCUT2D eigenvalue weighted by Gasteiger charge is 2.29. The number of carboxylic acid groups (broad SMARTS) is 1. The summed E-state index contributed by atoms with van der Waals surface area (Å²) < 4.78 is 11.6. The maximum absolute atomic E-state index is 10.9. The van der Waals surface area contributed by atoms with E-state index in [1.807, 2.05) is 49.4 Å². The van der Waals surface area contributed by atoms with E-state index in [1.54, 1.807) is 11.8 Å². The third kappa shape index (κ3) is 6.73. The summed E-state index contributed by atoms with van der Waals surface area (Å²) in [5, 5.41) is 19.5. The Balaban J connectivity index is 1.89. The Morgan fingerprint density at radius 2 is 1.87 bits per heavy atom. The molecule has 0 radical (unpaired) electrons. The molecule has 2 N–H and O–H groups in total. The Morgan fingerprint density at radius 1 is 1.13 bits per heavy atom. The molecule has 6 heteroatoms. The van der Waals surface area contributed by atoms with Crippen molar-refractivity contribution in [2.75, 3.05) is 19.0 Å². The number of carboxylic acids is 1. The zero-order chi connectivity index (χ0) is 22.1. The van der Waals surface area contributed by atoms with Crippen molar-refractivity contribution in [1.29, 1.82) is 0 Å². The van der Waals surface area contributed by atoms with E-state index >= 15 is 0 Å². The van der Waals surface area contributed by atoms with Crippen LogP contribution in [0.25, 0.3) is 0 Å². The number of aliphatic hydroxyl groups is 1. The molecule has 0 heterocycles. The Kier molecular flexibility index (Phi) is 9.25. The van der Waals surface area contributed by atoms with Gasteiger partial charge in [0.1, 0.15) is 19.0 Å². The van der Waals surface area contributed by atoms with Crippen LogP contribution in [0, 0.1) is 0 Å². The van der Waals surface area contributed by atoms with Crippen molar-refractivity contribution >= 4 is 17.7 Å². The fourth-order valence-corrected chi connectivity index (χ4v) is 5.22. The van der Waals surface area contributed by atoms with Crippen LogP contribution in [0.15, 0.2) is 48.5 Å². The number of ether oxygens (including phenoxy) is 2. The molecule has 31 heavy (non-hydrogen) atoms. The molecular weight excluding hydrogens is 412 g/mol. The van der Waals surface area contributed by atoms with Crippen LogP contribution < -0.4 is 4.74 Å². The summed E-state index contributed by atoms with van der Waals surface area (Å²) in [5.41, 5.74) is 3.27. The lowest BCUT2D eigenvalue weighted by molar-refractivity contribution is -0.143. The van der Waals surface area contributed by atoms with Gasteiger partial charge in [0.05, 0.1) is 18.0 Å². The van der Waals surface area contributed by atoms with Crippen LogP contribution >= 0.6 is 11.8 Å². The fourth-order valence-electron chi connectivity index (χ4n) is 4.19. The van der Waals surface area contributed by atoms with Gasteiger partial charge in [-0.1, -0.05) is 68.3 Å². The fraction of sp³-hybridized carbons (Fsp3) is 0.480. The number of para-hydroxylation sites is 1. The summed E-state index contributed by atoms with van der Waals surface area (Å²) in [6, 6.07) is 16.3. The molecule has 0 spiro atoms. The number of rotatable bonds is 12. The van der Waals surface area contributed by atoms with E-state index < -0.39 is 18.7 Å². The van der Waals surface area contributed by atoms with Crippen LogP contribution in [0.2, 0.25) is 0 Å². The molecule has 0 amide bonds. The largest absolute Gasteiger partial charge is 0.488 e. The Hall–Kier alpha value is -2.02. The summed E-state index contributed by atoms with van der Waals surface area (Å²) in [4.78, 5) is 10.8. The van der Waals surface area contributed by atoms with Gasteiger partial charge in [-0.25, -0.2) is 4.79 Å². The third-order valence-corrected chi connectivity index (χ3v) is 6.87. The predicted octanol–water partition coefficient (Wildman–Crippen LogP) is 5.18. The smallest absolute Gasteiger partial charge is 0.329 e. The first-order chi connectivity index (χ1) is 15.1. The lowest BCUT2D eigenvalue weighted by Gasteiger charge is -2.27. The van der Waals surface area contributed by atoms with Crippen molar-refractivity contribution in [2.24, 2.45) is 0 Å². The van der Waals surface area contributed by atoms with Gasteiger partial charge in [0.15, 0.2) is 0 Å². The summed E-state index contributed by atoms with van der Waals surface area (Å²) in [7, 11) is 0. The van der Waals surface area contributed by atoms with Crippen LogP contribution in [0.4, 0.5) is 0 Å². The zero-order valence-electron chi connectivity index (χ0n) is 18.0. The molecule has 0 bridgehead atoms. The van der Waals surface area contributed by atoms with Gasteiger partial charge in [-0.05, 0) is 35.6 Å². The number of aliphatic hydroxyl groups excluding tert-OH is 1. The van der Waals surface area contributed by atoms with E-state index in [0.29, 0.717) is 12.5 Å². The Morgan fingerprint density at radius 3 is 2.55 bits per heavy atom. The highest BCUT2D eigenvalue weighted by Crippen LogP contribution is 2.45. The van der Waals surface area contributed by atoms with Crippen molar-refractivity contribution in [3.8, 4) is 5.75 Å². The average Bonchev–Trinajstić information content (AvgIpc) is 3.31. The maximum atomic E-state index is 10.9. The number of hydrogen-bond donors (Lipinski definition) is 2. The maximum Gasteiger partial charge on any atom is 0.329 e. The minimum atomic E-state index is -1.04. The van der Waals surface area contributed by atoms with Gasteiger partial charge in [0, 0.05) is 5.56 Å². The molecule has 1 saturated carbocycles. The van der Waals surface area contributed by atoms with Gasteiger partial charge in [-0.15, -0.1) is 0 Å². The van der Waals surface area contributed by atoms with E-state index in [2.05, 4.69) is 6.07 Å². The van der Waals surface area contributed by atoms with Gasteiger partial charge in [-0.2, -0.15) is 11.8 Å². The molecule has 2 aromatic rings. The number of thioether (sulfide) groups is 1. The van der Waals surface area contributed by atoms with Crippen molar-refractivity contribution in [2.45, 2.75) is 56.5 Å². The molecule has 168 valence electrons.